The van der Waals surface area contributed by atoms with E-state index < -0.39 is 15.9 Å². The van der Waals surface area contributed by atoms with Crippen molar-refractivity contribution in [3.05, 3.63) is 18.3 Å². The average molecular weight is 499 g/mol. The van der Waals surface area contributed by atoms with Crippen LogP contribution >= 0.6 is 0 Å². The average Bonchev–Trinajstić information content (AvgIpc) is 3.26. The molecule has 1 aromatic rings. The van der Waals surface area contributed by atoms with Crippen molar-refractivity contribution in [2.75, 3.05) is 63.9 Å². The summed E-state index contributed by atoms with van der Waals surface area (Å²) in [5, 5.41) is 0. The first-order chi connectivity index (χ1) is 16.2. The van der Waals surface area contributed by atoms with Crippen LogP contribution in [0.1, 0.15) is 44.9 Å². The van der Waals surface area contributed by atoms with Crippen molar-refractivity contribution in [3.8, 4) is 0 Å². The molecule has 0 aromatic carbocycles. The lowest BCUT2D eigenvalue weighted by molar-refractivity contribution is -0.0221. The summed E-state index contributed by atoms with van der Waals surface area (Å²) in [5.74, 6) is -1.34. The van der Waals surface area contributed by atoms with E-state index in [1.807, 2.05) is 0 Å². The van der Waals surface area contributed by atoms with Crippen LogP contribution in [0.2, 0.25) is 0 Å². The van der Waals surface area contributed by atoms with Crippen molar-refractivity contribution in [2.45, 2.75) is 55.8 Å². The molecule has 0 amide bonds. The van der Waals surface area contributed by atoms with Crippen molar-refractivity contribution < 1.29 is 21.9 Å². The maximum Gasteiger partial charge on any atom is 0.251 e. The van der Waals surface area contributed by atoms with E-state index in [2.05, 4.69) is 9.88 Å². The second kappa shape index (κ2) is 9.59. The molecule has 5 heterocycles. The minimum atomic E-state index is -3.61. The highest BCUT2D eigenvalue weighted by atomic mass is 32.2. The lowest BCUT2D eigenvalue weighted by atomic mass is 9.77. The second-order valence-corrected chi connectivity index (χ2v) is 12.6. The third-order valence-corrected chi connectivity index (χ3v) is 10.2. The summed E-state index contributed by atoms with van der Waals surface area (Å²) in [6, 6.07) is 3.23. The number of likely N-dealkylation sites (tertiary alicyclic amines) is 1. The molecule has 4 aliphatic rings. The molecule has 0 saturated carbocycles. The Labute approximate surface area is 201 Å². The van der Waals surface area contributed by atoms with Gasteiger partial charge in [0.15, 0.2) is 0 Å². The van der Waals surface area contributed by atoms with Crippen LogP contribution in [0.5, 0.6) is 0 Å². The molecular formula is C24H36F2N4O3S. The molecule has 4 aliphatic heterocycles. The van der Waals surface area contributed by atoms with Gasteiger partial charge in [-0.25, -0.2) is 22.2 Å². The molecule has 34 heavy (non-hydrogen) atoms. The van der Waals surface area contributed by atoms with Crippen LogP contribution in [-0.2, 0) is 14.8 Å². The number of halogens is 2. The Bertz CT molecular complexity index is 935. The molecule has 0 radical (unpaired) electrons. The van der Waals surface area contributed by atoms with E-state index in [9.17, 15) is 17.2 Å². The zero-order valence-electron chi connectivity index (χ0n) is 19.8. The number of nitrogens with zero attached hydrogens (tertiary/aromatic N) is 4. The smallest absolute Gasteiger partial charge is 0.251 e. The van der Waals surface area contributed by atoms with Gasteiger partial charge in [-0.2, -0.15) is 4.31 Å². The molecule has 0 N–H and O–H groups in total. The Balaban J connectivity index is 1.16. The fourth-order valence-corrected chi connectivity index (χ4v) is 7.44. The van der Waals surface area contributed by atoms with Gasteiger partial charge in [0.1, 0.15) is 10.7 Å². The van der Waals surface area contributed by atoms with Crippen LogP contribution in [0.4, 0.5) is 14.6 Å². The Kier molecular flexibility index (Phi) is 6.87. The topological polar surface area (TPSA) is 66.0 Å². The highest BCUT2D eigenvalue weighted by Crippen LogP contribution is 2.42. The van der Waals surface area contributed by atoms with Crippen molar-refractivity contribution in [1.29, 1.82) is 0 Å². The molecule has 7 nitrogen and oxygen atoms in total. The maximum atomic E-state index is 13.4. The summed E-state index contributed by atoms with van der Waals surface area (Å²) in [7, 11) is -3.61. The molecule has 10 heteroatoms. The lowest BCUT2D eigenvalue weighted by Gasteiger charge is -2.41. The van der Waals surface area contributed by atoms with E-state index in [0.717, 1.165) is 70.9 Å². The second-order valence-electron chi connectivity index (χ2n) is 10.6. The fourth-order valence-electron chi connectivity index (χ4n) is 5.94. The number of ether oxygens (including phenoxy) is 1. The Hall–Kier alpha value is -1.36. The predicted octanol–water partition coefficient (Wildman–Crippen LogP) is 3.22. The van der Waals surface area contributed by atoms with E-state index in [1.165, 1.54) is 6.20 Å². The predicted molar refractivity (Wildman–Crippen MR) is 126 cm³/mol. The van der Waals surface area contributed by atoms with Gasteiger partial charge in [-0.3, -0.25) is 0 Å². The van der Waals surface area contributed by atoms with Gasteiger partial charge < -0.3 is 14.5 Å². The number of pyridine rings is 1. The van der Waals surface area contributed by atoms with Gasteiger partial charge in [-0.05, 0) is 68.7 Å². The van der Waals surface area contributed by atoms with Crippen LogP contribution in [0.25, 0.3) is 0 Å². The molecule has 0 atom stereocenters. The number of aromatic nitrogens is 1. The van der Waals surface area contributed by atoms with E-state index >= 15 is 0 Å². The molecule has 0 aliphatic carbocycles. The number of hydrogen-bond donors (Lipinski definition) is 0. The maximum absolute atomic E-state index is 13.4. The number of alkyl halides is 2. The SMILES string of the molecule is O=S(=O)(c1ccc(N2CCC(F)(F)CC2)nc1)N1CCC2(CCN(CC3CCOCC3)CC2)C1. The van der Waals surface area contributed by atoms with Gasteiger partial charge in [0.2, 0.25) is 10.0 Å². The minimum Gasteiger partial charge on any atom is -0.381 e. The molecule has 4 fully saturated rings. The third kappa shape index (κ3) is 5.24. The number of rotatable bonds is 5. The van der Waals surface area contributed by atoms with Crippen LogP contribution in [-0.4, -0.2) is 87.6 Å². The summed E-state index contributed by atoms with van der Waals surface area (Å²) in [6.45, 7) is 6.53. The molecule has 4 saturated heterocycles. The van der Waals surface area contributed by atoms with Gasteiger partial charge in [-0.1, -0.05) is 0 Å². The zero-order valence-corrected chi connectivity index (χ0v) is 20.6. The van der Waals surface area contributed by atoms with E-state index in [-0.39, 0.29) is 36.2 Å². The minimum absolute atomic E-state index is 0.0750. The molecule has 190 valence electrons. The number of piperidine rings is 2. The molecule has 0 unspecified atom stereocenters. The quantitative estimate of drug-likeness (QED) is 0.621. The molecule has 0 bridgehead atoms. The third-order valence-electron chi connectivity index (χ3n) is 8.35. The lowest BCUT2D eigenvalue weighted by Crippen LogP contribution is -2.44. The van der Waals surface area contributed by atoms with E-state index in [0.29, 0.717) is 18.9 Å². The van der Waals surface area contributed by atoms with Crippen molar-refractivity contribution in [3.63, 3.8) is 0 Å². The van der Waals surface area contributed by atoms with Gasteiger partial charge in [0.25, 0.3) is 5.92 Å². The highest BCUT2D eigenvalue weighted by Gasteiger charge is 2.45. The largest absolute Gasteiger partial charge is 0.381 e. The van der Waals surface area contributed by atoms with Crippen molar-refractivity contribution in [2.24, 2.45) is 11.3 Å². The fraction of sp³-hybridized carbons (Fsp3) is 0.792. The Morgan fingerprint density at radius 1 is 0.971 bits per heavy atom. The highest BCUT2D eigenvalue weighted by molar-refractivity contribution is 7.89. The Morgan fingerprint density at radius 2 is 1.65 bits per heavy atom. The number of hydrogen-bond acceptors (Lipinski definition) is 6. The summed E-state index contributed by atoms with van der Waals surface area (Å²) in [4.78, 5) is 8.86. The van der Waals surface area contributed by atoms with Crippen molar-refractivity contribution in [1.82, 2.24) is 14.2 Å². The number of sulfonamides is 1. The summed E-state index contributed by atoms with van der Waals surface area (Å²) < 4.78 is 60.6. The van der Waals surface area contributed by atoms with E-state index in [1.54, 1.807) is 21.3 Å². The Morgan fingerprint density at radius 3 is 2.29 bits per heavy atom. The van der Waals surface area contributed by atoms with Crippen LogP contribution in [0, 0.1) is 11.3 Å². The monoisotopic (exact) mass is 498 g/mol. The van der Waals surface area contributed by atoms with Gasteiger partial charge >= 0.3 is 0 Å². The van der Waals surface area contributed by atoms with Gasteiger partial charge in [0, 0.05) is 65.0 Å². The normalized spacial score (nSPS) is 26.8. The molecule has 5 rings (SSSR count). The molecular weight excluding hydrogens is 462 g/mol. The van der Waals surface area contributed by atoms with Crippen LogP contribution < -0.4 is 4.90 Å². The first-order valence-corrected chi connectivity index (χ1v) is 14.1. The van der Waals surface area contributed by atoms with E-state index in [4.69, 9.17) is 4.74 Å². The van der Waals surface area contributed by atoms with Crippen LogP contribution in [0.15, 0.2) is 23.2 Å². The van der Waals surface area contributed by atoms with Crippen LogP contribution in [0.3, 0.4) is 0 Å². The van der Waals surface area contributed by atoms with Crippen molar-refractivity contribution >= 4 is 15.8 Å². The summed E-state index contributed by atoms with van der Waals surface area (Å²) in [5.41, 5.74) is 0.0750. The number of anilines is 1. The molecule has 1 spiro atoms. The van der Waals surface area contributed by atoms with Gasteiger partial charge in [0.05, 0.1) is 0 Å². The zero-order chi connectivity index (χ0) is 23.8. The first kappa shape index (κ1) is 24.3. The summed E-state index contributed by atoms with van der Waals surface area (Å²) in [6.07, 6.45) is 6.27. The summed E-state index contributed by atoms with van der Waals surface area (Å²) >= 11 is 0. The first-order valence-electron chi connectivity index (χ1n) is 12.6. The van der Waals surface area contributed by atoms with Gasteiger partial charge in [-0.15, -0.1) is 0 Å². The standard InChI is InChI=1S/C24H36F2N4O3S/c25-24(26)8-12-29(13-9-24)22-2-1-21(17-27-22)34(31,32)30-14-7-23(19-30)5-10-28(11-6-23)18-20-3-15-33-16-4-20/h1-2,17,20H,3-16,18-19H2. The molecule has 1 aromatic heterocycles.